The number of thiophene rings is 1. The molecule has 3 aromatic rings. The van der Waals surface area contributed by atoms with E-state index in [1.54, 1.807) is 11.3 Å². The van der Waals surface area contributed by atoms with E-state index in [2.05, 4.69) is 40.5 Å². The van der Waals surface area contributed by atoms with Crippen LogP contribution in [0.4, 0.5) is 0 Å². The van der Waals surface area contributed by atoms with Crippen molar-refractivity contribution in [3.63, 3.8) is 0 Å². The molecule has 0 unspecified atom stereocenters. The smallest absolute Gasteiger partial charge is 0.263 e. The molecule has 1 aliphatic carbocycles. The largest absolute Gasteiger partial charge is 0.339 e. The number of piperidine rings is 1. The molecule has 5 nitrogen and oxygen atoms in total. The minimum atomic E-state index is 0.159. The first-order valence-electron chi connectivity index (χ1n) is 9.49. The molecule has 0 radical (unpaired) electrons. The molecule has 1 amide bonds. The molecular formula is C21H21N3O2S. The molecule has 1 saturated heterocycles. The van der Waals surface area contributed by atoms with Crippen LogP contribution in [-0.2, 0) is 12.8 Å². The quantitative estimate of drug-likeness (QED) is 0.669. The van der Waals surface area contributed by atoms with Crippen molar-refractivity contribution in [2.24, 2.45) is 0 Å². The highest BCUT2D eigenvalue weighted by atomic mass is 32.1. The number of hydrogen-bond acceptors (Lipinski definition) is 5. The first-order valence-corrected chi connectivity index (χ1v) is 10.3. The van der Waals surface area contributed by atoms with E-state index in [1.165, 1.54) is 21.6 Å². The zero-order valence-electron chi connectivity index (χ0n) is 15.3. The third-order valence-corrected chi connectivity index (χ3v) is 6.82. The second kappa shape index (κ2) is 6.60. The number of nitrogens with zero attached hydrogens (tertiary/aromatic N) is 3. The molecule has 0 bridgehead atoms. The SMILES string of the molecule is Cc1noc(C2CCN(C(=O)c3cc4c(s3)-c3ccccc3CC4)CC2)n1. The van der Waals surface area contributed by atoms with Crippen LogP contribution < -0.4 is 0 Å². The van der Waals surface area contributed by atoms with E-state index in [9.17, 15) is 4.79 Å². The van der Waals surface area contributed by atoms with Crippen LogP contribution in [0.1, 0.15) is 51.3 Å². The van der Waals surface area contributed by atoms with E-state index >= 15 is 0 Å². The van der Waals surface area contributed by atoms with Gasteiger partial charge in [0.2, 0.25) is 5.89 Å². The van der Waals surface area contributed by atoms with Gasteiger partial charge in [0.25, 0.3) is 5.91 Å². The molecule has 0 N–H and O–H groups in total. The molecule has 0 atom stereocenters. The predicted molar refractivity (Wildman–Crippen MR) is 104 cm³/mol. The van der Waals surface area contributed by atoms with Gasteiger partial charge in [0.15, 0.2) is 5.82 Å². The van der Waals surface area contributed by atoms with Gasteiger partial charge in [-0.25, -0.2) is 0 Å². The Balaban J connectivity index is 1.32. The average molecular weight is 379 g/mol. The number of amides is 1. The Morgan fingerprint density at radius 3 is 2.74 bits per heavy atom. The van der Waals surface area contributed by atoms with Gasteiger partial charge in [-0.1, -0.05) is 29.4 Å². The van der Waals surface area contributed by atoms with Gasteiger partial charge in [0, 0.05) is 23.9 Å². The van der Waals surface area contributed by atoms with Gasteiger partial charge < -0.3 is 9.42 Å². The highest BCUT2D eigenvalue weighted by molar-refractivity contribution is 7.17. The zero-order chi connectivity index (χ0) is 18.4. The average Bonchev–Trinajstić information content (AvgIpc) is 3.34. The topological polar surface area (TPSA) is 59.2 Å². The molecule has 0 saturated carbocycles. The normalized spacial score (nSPS) is 16.9. The fourth-order valence-electron chi connectivity index (χ4n) is 4.14. The molecule has 3 heterocycles. The van der Waals surface area contributed by atoms with Crippen molar-refractivity contribution in [1.82, 2.24) is 15.0 Å². The molecule has 27 heavy (non-hydrogen) atoms. The van der Waals surface area contributed by atoms with E-state index in [-0.39, 0.29) is 11.8 Å². The van der Waals surface area contributed by atoms with Crippen LogP contribution >= 0.6 is 11.3 Å². The lowest BCUT2D eigenvalue weighted by atomic mass is 9.91. The molecule has 2 aromatic heterocycles. The molecule has 138 valence electrons. The van der Waals surface area contributed by atoms with Crippen molar-refractivity contribution in [3.05, 3.63) is 58.1 Å². The molecule has 1 fully saturated rings. The minimum Gasteiger partial charge on any atom is -0.339 e. The Kier molecular flexibility index (Phi) is 4.08. The summed E-state index contributed by atoms with van der Waals surface area (Å²) in [6.45, 7) is 3.32. The summed E-state index contributed by atoms with van der Waals surface area (Å²) in [6, 6.07) is 10.7. The lowest BCUT2D eigenvalue weighted by molar-refractivity contribution is 0.0709. The van der Waals surface area contributed by atoms with Gasteiger partial charge in [-0.05, 0) is 55.4 Å². The Hall–Kier alpha value is -2.47. The van der Waals surface area contributed by atoms with Crippen LogP contribution in [0.25, 0.3) is 10.4 Å². The third-order valence-electron chi connectivity index (χ3n) is 5.62. The van der Waals surface area contributed by atoms with Gasteiger partial charge in [-0.2, -0.15) is 4.98 Å². The molecule has 6 heteroatoms. The highest BCUT2D eigenvalue weighted by Gasteiger charge is 2.29. The summed E-state index contributed by atoms with van der Waals surface area (Å²) in [5.41, 5.74) is 4.01. The monoisotopic (exact) mass is 379 g/mol. The number of carbonyl (C=O) groups is 1. The van der Waals surface area contributed by atoms with Gasteiger partial charge in [0.1, 0.15) is 0 Å². The van der Waals surface area contributed by atoms with Crippen LogP contribution in [0, 0.1) is 6.92 Å². The fraction of sp³-hybridized carbons (Fsp3) is 0.381. The lowest BCUT2D eigenvalue weighted by Gasteiger charge is -2.30. The van der Waals surface area contributed by atoms with Crippen LogP contribution in [0.3, 0.4) is 0 Å². The summed E-state index contributed by atoms with van der Waals surface area (Å²) in [5, 5.41) is 3.88. The summed E-state index contributed by atoms with van der Waals surface area (Å²) in [4.78, 5) is 21.5. The van der Waals surface area contributed by atoms with Crippen molar-refractivity contribution in [1.29, 1.82) is 0 Å². The third kappa shape index (κ3) is 2.98. The second-order valence-electron chi connectivity index (χ2n) is 7.37. The van der Waals surface area contributed by atoms with Gasteiger partial charge in [-0.3, -0.25) is 4.79 Å². The Morgan fingerprint density at radius 1 is 1.19 bits per heavy atom. The fourth-order valence-corrected chi connectivity index (χ4v) is 5.38. The number of hydrogen-bond donors (Lipinski definition) is 0. The highest BCUT2D eigenvalue weighted by Crippen LogP contribution is 2.40. The van der Waals surface area contributed by atoms with Gasteiger partial charge in [-0.15, -0.1) is 11.3 Å². The summed E-state index contributed by atoms with van der Waals surface area (Å²) in [5.74, 6) is 1.81. The van der Waals surface area contributed by atoms with Crippen molar-refractivity contribution in [2.75, 3.05) is 13.1 Å². The van der Waals surface area contributed by atoms with E-state index in [0.717, 1.165) is 43.6 Å². The van der Waals surface area contributed by atoms with E-state index in [4.69, 9.17) is 4.52 Å². The zero-order valence-corrected chi connectivity index (χ0v) is 16.1. The van der Waals surface area contributed by atoms with E-state index in [1.807, 2.05) is 11.8 Å². The Morgan fingerprint density at radius 2 is 1.96 bits per heavy atom. The van der Waals surface area contributed by atoms with Gasteiger partial charge in [0.05, 0.1) is 4.88 Å². The van der Waals surface area contributed by atoms with Crippen molar-refractivity contribution < 1.29 is 9.32 Å². The first kappa shape index (κ1) is 16.7. The second-order valence-corrected chi connectivity index (χ2v) is 8.42. The number of benzene rings is 1. The molecule has 0 spiro atoms. The lowest BCUT2D eigenvalue weighted by Crippen LogP contribution is -2.37. The summed E-state index contributed by atoms with van der Waals surface area (Å²) >= 11 is 1.65. The molecule has 5 rings (SSSR count). The summed E-state index contributed by atoms with van der Waals surface area (Å²) < 4.78 is 5.31. The number of rotatable bonds is 2. The maximum Gasteiger partial charge on any atom is 0.263 e. The number of carbonyl (C=O) groups excluding carboxylic acids is 1. The Labute approximate surface area is 162 Å². The first-order chi connectivity index (χ1) is 13.2. The molecule has 2 aliphatic rings. The molecule has 1 aliphatic heterocycles. The van der Waals surface area contributed by atoms with Crippen LogP contribution in [0.15, 0.2) is 34.9 Å². The van der Waals surface area contributed by atoms with Crippen molar-refractivity contribution in [3.8, 4) is 10.4 Å². The molecule has 1 aromatic carbocycles. The number of aromatic nitrogens is 2. The van der Waals surface area contributed by atoms with Gasteiger partial charge >= 0.3 is 0 Å². The van der Waals surface area contributed by atoms with Crippen LogP contribution in [-0.4, -0.2) is 34.0 Å². The molecular weight excluding hydrogens is 358 g/mol. The number of likely N-dealkylation sites (tertiary alicyclic amines) is 1. The summed E-state index contributed by atoms with van der Waals surface area (Å²) in [7, 11) is 0. The van der Waals surface area contributed by atoms with E-state index in [0.29, 0.717) is 11.7 Å². The number of fused-ring (bicyclic) bond motifs is 3. The van der Waals surface area contributed by atoms with Crippen LogP contribution in [0.2, 0.25) is 0 Å². The maximum absolute atomic E-state index is 13.1. The number of aryl methyl sites for hydroxylation is 3. The van der Waals surface area contributed by atoms with Crippen LogP contribution in [0.5, 0.6) is 0 Å². The standard InChI is InChI=1S/C21H21N3O2S/c1-13-22-20(26-23-13)15-8-10-24(11-9-15)21(25)18-12-16-7-6-14-4-2-3-5-17(14)19(16)27-18/h2-5,12,15H,6-11H2,1H3. The maximum atomic E-state index is 13.1. The van der Waals surface area contributed by atoms with E-state index < -0.39 is 0 Å². The summed E-state index contributed by atoms with van der Waals surface area (Å²) in [6.07, 6.45) is 3.83. The Bertz CT molecular complexity index is 999. The minimum absolute atomic E-state index is 0.159. The van der Waals surface area contributed by atoms with Crippen molar-refractivity contribution >= 4 is 17.2 Å². The predicted octanol–water partition coefficient (Wildman–Crippen LogP) is 4.22. The van der Waals surface area contributed by atoms with Crippen molar-refractivity contribution in [2.45, 2.75) is 38.5 Å².